The summed E-state index contributed by atoms with van der Waals surface area (Å²) in [7, 11) is 0. The summed E-state index contributed by atoms with van der Waals surface area (Å²) in [5, 5.41) is 23.3. The predicted octanol–water partition coefficient (Wildman–Crippen LogP) is -0.768. The molecule has 1 amide bonds. The molecule has 0 saturated carbocycles. The van der Waals surface area contributed by atoms with Crippen LogP contribution in [0.1, 0.15) is 27.7 Å². The Morgan fingerprint density at radius 3 is 2.33 bits per heavy atom. The predicted molar refractivity (Wildman–Crippen MR) is 58.5 cm³/mol. The van der Waals surface area contributed by atoms with Gasteiger partial charge in [-0.1, -0.05) is 0 Å². The molecule has 0 rings (SSSR count). The van der Waals surface area contributed by atoms with Gasteiger partial charge in [-0.2, -0.15) is 0 Å². The molecule has 5 nitrogen and oxygen atoms in total. The SMILES string of the molecule is CC(NC[C@H](O)CO)C(=O)NC(C)(C)C. The highest BCUT2D eigenvalue weighted by molar-refractivity contribution is 5.81. The van der Waals surface area contributed by atoms with E-state index in [9.17, 15) is 4.79 Å². The molecule has 0 aliphatic carbocycles. The van der Waals surface area contributed by atoms with Gasteiger partial charge < -0.3 is 20.8 Å². The van der Waals surface area contributed by atoms with Crippen molar-refractivity contribution in [2.24, 2.45) is 0 Å². The summed E-state index contributed by atoms with van der Waals surface area (Å²) in [6.45, 7) is 7.32. The number of carbonyl (C=O) groups excluding carboxylic acids is 1. The number of amides is 1. The van der Waals surface area contributed by atoms with Crippen LogP contribution in [0.3, 0.4) is 0 Å². The first kappa shape index (κ1) is 14.3. The van der Waals surface area contributed by atoms with Crippen molar-refractivity contribution in [1.82, 2.24) is 10.6 Å². The van der Waals surface area contributed by atoms with E-state index in [0.29, 0.717) is 0 Å². The number of aliphatic hydroxyl groups is 2. The molecule has 0 aromatic carbocycles. The van der Waals surface area contributed by atoms with Gasteiger partial charge >= 0.3 is 0 Å². The molecule has 0 saturated heterocycles. The third kappa shape index (κ3) is 7.30. The van der Waals surface area contributed by atoms with E-state index in [0.717, 1.165) is 0 Å². The molecule has 5 heteroatoms. The number of carbonyl (C=O) groups is 1. The van der Waals surface area contributed by atoms with E-state index >= 15 is 0 Å². The molecule has 0 aliphatic heterocycles. The van der Waals surface area contributed by atoms with Gasteiger partial charge in [0.2, 0.25) is 5.91 Å². The minimum atomic E-state index is -0.824. The zero-order valence-corrected chi connectivity index (χ0v) is 9.87. The van der Waals surface area contributed by atoms with E-state index in [2.05, 4.69) is 10.6 Å². The highest BCUT2D eigenvalue weighted by atomic mass is 16.3. The van der Waals surface area contributed by atoms with Crippen molar-refractivity contribution >= 4 is 5.91 Å². The molecule has 0 aliphatic rings. The number of aliphatic hydroxyl groups excluding tert-OH is 2. The van der Waals surface area contributed by atoms with E-state index in [1.54, 1.807) is 6.92 Å². The molecule has 0 radical (unpaired) electrons. The second kappa shape index (κ2) is 6.05. The first-order chi connectivity index (χ1) is 6.76. The van der Waals surface area contributed by atoms with Crippen LogP contribution in [0, 0.1) is 0 Å². The number of hydrogen-bond donors (Lipinski definition) is 4. The van der Waals surface area contributed by atoms with Crippen LogP contribution in [0.2, 0.25) is 0 Å². The minimum Gasteiger partial charge on any atom is -0.394 e. The summed E-state index contributed by atoms with van der Waals surface area (Å²) >= 11 is 0. The summed E-state index contributed by atoms with van der Waals surface area (Å²) in [5.74, 6) is -0.118. The Hall–Kier alpha value is -0.650. The lowest BCUT2D eigenvalue weighted by atomic mass is 10.1. The van der Waals surface area contributed by atoms with Crippen LogP contribution in [0.4, 0.5) is 0 Å². The summed E-state index contributed by atoms with van der Waals surface area (Å²) < 4.78 is 0. The second-order valence-electron chi connectivity index (χ2n) is 4.71. The molecular formula is C10H22N2O3. The molecule has 0 aromatic rings. The van der Waals surface area contributed by atoms with Gasteiger partial charge in [-0.25, -0.2) is 0 Å². The molecule has 4 N–H and O–H groups in total. The minimum absolute atomic E-state index is 0.118. The Labute approximate surface area is 90.9 Å². The maximum atomic E-state index is 11.5. The van der Waals surface area contributed by atoms with E-state index in [-0.39, 0.29) is 30.6 Å². The van der Waals surface area contributed by atoms with Crippen molar-refractivity contribution in [3.8, 4) is 0 Å². The largest absolute Gasteiger partial charge is 0.394 e. The average molecular weight is 218 g/mol. The van der Waals surface area contributed by atoms with E-state index in [1.807, 2.05) is 20.8 Å². The smallest absolute Gasteiger partial charge is 0.237 e. The highest BCUT2D eigenvalue weighted by Gasteiger charge is 2.19. The van der Waals surface area contributed by atoms with Crippen molar-refractivity contribution in [2.75, 3.05) is 13.2 Å². The van der Waals surface area contributed by atoms with Crippen LogP contribution in [-0.2, 0) is 4.79 Å². The van der Waals surface area contributed by atoms with Gasteiger partial charge in [0.15, 0.2) is 0 Å². The normalized spacial score (nSPS) is 15.9. The Balaban J connectivity index is 3.90. The van der Waals surface area contributed by atoms with Gasteiger partial charge in [0.1, 0.15) is 0 Å². The molecule has 0 heterocycles. The Morgan fingerprint density at radius 1 is 1.40 bits per heavy atom. The van der Waals surface area contributed by atoms with Gasteiger partial charge in [-0.15, -0.1) is 0 Å². The molecule has 15 heavy (non-hydrogen) atoms. The summed E-state index contributed by atoms with van der Waals surface area (Å²) in [6.07, 6.45) is -0.824. The van der Waals surface area contributed by atoms with Gasteiger partial charge in [-0.3, -0.25) is 4.79 Å². The van der Waals surface area contributed by atoms with Crippen LogP contribution in [0.5, 0.6) is 0 Å². The number of nitrogens with one attached hydrogen (secondary N) is 2. The van der Waals surface area contributed by atoms with Crippen LogP contribution in [-0.4, -0.2) is 47.0 Å². The lowest BCUT2D eigenvalue weighted by Gasteiger charge is -2.24. The lowest BCUT2D eigenvalue weighted by Crippen LogP contribution is -2.50. The van der Waals surface area contributed by atoms with E-state index in [1.165, 1.54) is 0 Å². The summed E-state index contributed by atoms with van der Waals surface area (Å²) in [6, 6.07) is -0.384. The maximum absolute atomic E-state index is 11.5. The van der Waals surface area contributed by atoms with Crippen molar-refractivity contribution in [1.29, 1.82) is 0 Å². The highest BCUT2D eigenvalue weighted by Crippen LogP contribution is 1.99. The maximum Gasteiger partial charge on any atom is 0.237 e. The first-order valence-corrected chi connectivity index (χ1v) is 5.10. The molecule has 90 valence electrons. The quantitative estimate of drug-likeness (QED) is 0.488. The molecule has 0 aromatic heterocycles. The fraction of sp³-hybridized carbons (Fsp3) is 0.900. The zero-order chi connectivity index (χ0) is 12.1. The summed E-state index contributed by atoms with van der Waals surface area (Å²) in [4.78, 5) is 11.5. The molecule has 0 fully saturated rings. The third-order valence-electron chi connectivity index (χ3n) is 1.76. The van der Waals surface area contributed by atoms with Crippen molar-refractivity contribution < 1.29 is 15.0 Å². The van der Waals surface area contributed by atoms with Crippen LogP contribution in [0.15, 0.2) is 0 Å². The number of rotatable bonds is 5. The van der Waals surface area contributed by atoms with E-state index < -0.39 is 6.10 Å². The molecule has 2 atom stereocenters. The Morgan fingerprint density at radius 2 is 1.93 bits per heavy atom. The average Bonchev–Trinajstić information content (AvgIpc) is 2.10. The van der Waals surface area contributed by atoms with E-state index in [4.69, 9.17) is 10.2 Å². The lowest BCUT2D eigenvalue weighted by molar-refractivity contribution is -0.124. The van der Waals surface area contributed by atoms with Crippen LogP contribution in [0.25, 0.3) is 0 Å². The van der Waals surface area contributed by atoms with Gasteiger partial charge in [0, 0.05) is 12.1 Å². The zero-order valence-electron chi connectivity index (χ0n) is 9.87. The Kier molecular flexibility index (Phi) is 5.79. The number of hydrogen-bond acceptors (Lipinski definition) is 4. The van der Waals surface area contributed by atoms with Gasteiger partial charge in [0.25, 0.3) is 0 Å². The molecule has 0 bridgehead atoms. The van der Waals surface area contributed by atoms with Crippen LogP contribution < -0.4 is 10.6 Å². The van der Waals surface area contributed by atoms with Crippen molar-refractivity contribution in [3.05, 3.63) is 0 Å². The standard InChI is InChI=1S/C10H22N2O3/c1-7(11-5-8(14)6-13)9(15)12-10(2,3)4/h7-8,11,13-14H,5-6H2,1-4H3,(H,12,15)/t7?,8-/m0/s1. The molecular weight excluding hydrogens is 196 g/mol. The molecule has 1 unspecified atom stereocenters. The van der Waals surface area contributed by atoms with Crippen molar-refractivity contribution in [2.45, 2.75) is 45.4 Å². The third-order valence-corrected chi connectivity index (χ3v) is 1.76. The second-order valence-corrected chi connectivity index (χ2v) is 4.71. The first-order valence-electron chi connectivity index (χ1n) is 5.10. The summed E-state index contributed by atoms with van der Waals surface area (Å²) in [5.41, 5.74) is -0.261. The van der Waals surface area contributed by atoms with Crippen molar-refractivity contribution in [3.63, 3.8) is 0 Å². The van der Waals surface area contributed by atoms with Crippen LogP contribution >= 0.6 is 0 Å². The topological polar surface area (TPSA) is 81.6 Å². The van der Waals surface area contributed by atoms with Gasteiger partial charge in [-0.05, 0) is 27.7 Å². The monoisotopic (exact) mass is 218 g/mol. The van der Waals surface area contributed by atoms with Gasteiger partial charge in [0.05, 0.1) is 18.8 Å². The molecule has 0 spiro atoms. The fourth-order valence-electron chi connectivity index (χ4n) is 0.948. The Bertz CT molecular complexity index is 201. The fourth-order valence-corrected chi connectivity index (χ4v) is 0.948.